The fraction of sp³-hybridized carbons (Fsp3) is 0.750. The van der Waals surface area contributed by atoms with Gasteiger partial charge in [0.05, 0.1) is 0 Å². The Morgan fingerprint density at radius 1 is 1.64 bits per heavy atom. The monoisotopic (exact) mass is 184 g/mol. The minimum Gasteiger partial charge on any atom is -0.479 e. The summed E-state index contributed by atoms with van der Waals surface area (Å²) in [6.07, 6.45) is -1.54. The van der Waals surface area contributed by atoms with Gasteiger partial charge in [-0.1, -0.05) is 6.92 Å². The summed E-state index contributed by atoms with van der Waals surface area (Å²) in [7, 11) is -4.66. The molecule has 0 saturated carbocycles. The van der Waals surface area contributed by atoms with Crippen molar-refractivity contribution in [3.63, 3.8) is 0 Å². The molecule has 0 amide bonds. The van der Waals surface area contributed by atoms with Gasteiger partial charge >= 0.3 is 16.4 Å². The van der Waals surface area contributed by atoms with Crippen LogP contribution in [0.3, 0.4) is 0 Å². The van der Waals surface area contributed by atoms with Gasteiger partial charge in [0.2, 0.25) is 0 Å². The van der Waals surface area contributed by atoms with E-state index in [1.807, 2.05) is 0 Å². The zero-order chi connectivity index (χ0) is 9.07. The quantitative estimate of drug-likeness (QED) is 0.580. The molecular weight excluding hydrogens is 176 g/mol. The highest BCUT2D eigenvalue weighted by Gasteiger charge is 2.21. The zero-order valence-corrected chi connectivity index (χ0v) is 6.54. The summed E-state index contributed by atoms with van der Waals surface area (Å²) in [5.74, 6) is -1.43. The molecule has 11 heavy (non-hydrogen) atoms. The third-order valence-corrected chi connectivity index (χ3v) is 1.36. The summed E-state index contributed by atoms with van der Waals surface area (Å²) in [6, 6.07) is 0. The number of rotatable bonds is 4. The lowest BCUT2D eigenvalue weighted by Crippen LogP contribution is -2.25. The van der Waals surface area contributed by atoms with Crippen LogP contribution in [0.5, 0.6) is 0 Å². The molecule has 1 atom stereocenters. The summed E-state index contributed by atoms with van der Waals surface area (Å²) in [6.45, 7) is 1.42. The molecule has 0 aromatic heterocycles. The molecule has 0 radical (unpaired) electrons. The minimum absolute atomic E-state index is 0.0326. The van der Waals surface area contributed by atoms with Gasteiger partial charge < -0.3 is 5.11 Å². The number of aliphatic carboxylic acids is 1. The van der Waals surface area contributed by atoms with Crippen LogP contribution in [0.2, 0.25) is 0 Å². The van der Waals surface area contributed by atoms with Crippen molar-refractivity contribution in [2.75, 3.05) is 0 Å². The first-order valence-electron chi connectivity index (χ1n) is 2.75. The highest BCUT2D eigenvalue weighted by molar-refractivity contribution is 7.80. The van der Waals surface area contributed by atoms with Crippen LogP contribution in [0, 0.1) is 0 Å². The van der Waals surface area contributed by atoms with Crippen molar-refractivity contribution >= 4 is 16.4 Å². The van der Waals surface area contributed by atoms with E-state index >= 15 is 0 Å². The molecule has 0 aliphatic heterocycles. The van der Waals surface area contributed by atoms with Crippen molar-refractivity contribution in [3.05, 3.63) is 0 Å². The normalized spacial score (nSPS) is 14.4. The molecular formula is C4H8O6S. The number of carboxylic acids is 1. The SMILES string of the molecule is CCC(OS(=O)(=O)O)C(=O)O. The second kappa shape index (κ2) is 3.65. The number of carbonyl (C=O) groups is 1. The summed E-state index contributed by atoms with van der Waals surface area (Å²) in [4.78, 5) is 10.1. The van der Waals surface area contributed by atoms with E-state index in [9.17, 15) is 13.2 Å². The van der Waals surface area contributed by atoms with Gasteiger partial charge in [0, 0.05) is 0 Å². The lowest BCUT2D eigenvalue weighted by molar-refractivity contribution is -0.145. The topological polar surface area (TPSA) is 101 Å². The molecule has 0 aromatic carbocycles. The van der Waals surface area contributed by atoms with Gasteiger partial charge in [-0.05, 0) is 6.42 Å². The maximum atomic E-state index is 10.1. The second-order valence-electron chi connectivity index (χ2n) is 1.76. The summed E-state index contributed by atoms with van der Waals surface area (Å²) in [5, 5.41) is 8.24. The molecule has 0 spiro atoms. The van der Waals surface area contributed by atoms with Gasteiger partial charge in [-0.2, -0.15) is 8.42 Å². The maximum Gasteiger partial charge on any atom is 0.398 e. The van der Waals surface area contributed by atoms with Gasteiger partial charge in [-0.3, -0.25) is 4.55 Å². The molecule has 0 bridgehead atoms. The second-order valence-corrected chi connectivity index (χ2v) is 2.81. The van der Waals surface area contributed by atoms with E-state index in [1.54, 1.807) is 0 Å². The van der Waals surface area contributed by atoms with Crippen LogP contribution in [0.15, 0.2) is 0 Å². The average molecular weight is 184 g/mol. The Morgan fingerprint density at radius 3 is 2.18 bits per heavy atom. The standard InChI is InChI=1S/C4H8O6S/c1-2-3(4(5)6)10-11(7,8)9/h3H,2H2,1H3,(H,5,6)(H,7,8,9). The molecule has 1 unspecified atom stereocenters. The van der Waals surface area contributed by atoms with E-state index in [0.29, 0.717) is 0 Å². The largest absolute Gasteiger partial charge is 0.479 e. The van der Waals surface area contributed by atoms with E-state index in [1.165, 1.54) is 6.92 Å². The van der Waals surface area contributed by atoms with Crippen molar-refractivity contribution in [2.45, 2.75) is 19.4 Å². The van der Waals surface area contributed by atoms with Crippen molar-refractivity contribution < 1.29 is 27.1 Å². The fourth-order valence-electron chi connectivity index (χ4n) is 0.431. The third-order valence-electron chi connectivity index (χ3n) is 0.884. The van der Waals surface area contributed by atoms with Crippen molar-refractivity contribution in [1.29, 1.82) is 0 Å². The summed E-state index contributed by atoms with van der Waals surface area (Å²) < 4.78 is 31.8. The predicted octanol–water partition coefficient (Wildman–Crippen LogP) is -0.331. The van der Waals surface area contributed by atoms with Gasteiger partial charge in [0.1, 0.15) is 0 Å². The highest BCUT2D eigenvalue weighted by Crippen LogP contribution is 2.01. The summed E-state index contributed by atoms with van der Waals surface area (Å²) in [5.41, 5.74) is 0. The Morgan fingerprint density at radius 2 is 2.09 bits per heavy atom. The maximum absolute atomic E-state index is 10.1. The molecule has 0 heterocycles. The van der Waals surface area contributed by atoms with Crippen LogP contribution in [0.25, 0.3) is 0 Å². The van der Waals surface area contributed by atoms with Gasteiger partial charge in [-0.25, -0.2) is 8.98 Å². The molecule has 2 N–H and O–H groups in total. The third kappa shape index (κ3) is 4.71. The zero-order valence-electron chi connectivity index (χ0n) is 5.72. The number of carboxylic acid groups (broad SMARTS) is 1. The smallest absolute Gasteiger partial charge is 0.398 e. The Hall–Kier alpha value is -0.660. The van der Waals surface area contributed by atoms with E-state index in [-0.39, 0.29) is 6.42 Å². The van der Waals surface area contributed by atoms with Crippen molar-refractivity contribution in [2.24, 2.45) is 0 Å². The van der Waals surface area contributed by atoms with Gasteiger partial charge in [0.15, 0.2) is 6.10 Å². The van der Waals surface area contributed by atoms with Crippen LogP contribution < -0.4 is 0 Å². The van der Waals surface area contributed by atoms with Crippen LogP contribution in [0.1, 0.15) is 13.3 Å². The lowest BCUT2D eigenvalue weighted by atomic mass is 10.3. The molecule has 0 aliphatic rings. The van der Waals surface area contributed by atoms with Crippen LogP contribution >= 0.6 is 0 Å². The Kier molecular flexibility index (Phi) is 3.43. The summed E-state index contributed by atoms with van der Waals surface area (Å²) >= 11 is 0. The Balaban J connectivity index is 4.22. The molecule has 66 valence electrons. The van der Waals surface area contributed by atoms with Crippen molar-refractivity contribution in [1.82, 2.24) is 0 Å². The number of hydrogen-bond donors (Lipinski definition) is 2. The van der Waals surface area contributed by atoms with E-state index in [4.69, 9.17) is 9.66 Å². The van der Waals surface area contributed by atoms with E-state index in [2.05, 4.69) is 4.18 Å². The molecule has 0 aliphatic carbocycles. The van der Waals surface area contributed by atoms with Crippen LogP contribution in [-0.4, -0.2) is 30.2 Å². The molecule has 7 heteroatoms. The molecule has 0 fully saturated rings. The first-order valence-corrected chi connectivity index (χ1v) is 4.12. The highest BCUT2D eigenvalue weighted by atomic mass is 32.3. The average Bonchev–Trinajstić information content (AvgIpc) is 1.80. The first-order chi connectivity index (χ1) is 4.87. The molecule has 0 aromatic rings. The Labute approximate surface area is 63.7 Å². The first kappa shape index (κ1) is 10.3. The molecule has 0 saturated heterocycles. The van der Waals surface area contributed by atoms with E-state index in [0.717, 1.165) is 0 Å². The number of hydrogen-bond acceptors (Lipinski definition) is 4. The molecule has 6 nitrogen and oxygen atoms in total. The van der Waals surface area contributed by atoms with E-state index < -0.39 is 22.5 Å². The predicted molar refractivity (Wildman–Crippen MR) is 34.3 cm³/mol. The minimum atomic E-state index is -4.66. The lowest BCUT2D eigenvalue weighted by Gasteiger charge is -2.06. The fourth-order valence-corrected chi connectivity index (χ4v) is 0.943. The van der Waals surface area contributed by atoms with Gasteiger partial charge in [-0.15, -0.1) is 0 Å². The van der Waals surface area contributed by atoms with Crippen LogP contribution in [-0.2, 0) is 19.4 Å². The molecule has 0 rings (SSSR count). The van der Waals surface area contributed by atoms with Gasteiger partial charge in [0.25, 0.3) is 0 Å². The van der Waals surface area contributed by atoms with Crippen molar-refractivity contribution in [3.8, 4) is 0 Å². The Bertz CT molecular complexity index is 229. The van der Waals surface area contributed by atoms with Crippen LogP contribution in [0.4, 0.5) is 0 Å².